The lowest BCUT2D eigenvalue weighted by Gasteiger charge is -2.30. The van der Waals surface area contributed by atoms with E-state index in [0.717, 1.165) is 24.1 Å². The summed E-state index contributed by atoms with van der Waals surface area (Å²) in [6.45, 7) is 7.47. The van der Waals surface area contributed by atoms with Gasteiger partial charge in [-0.1, -0.05) is 39.5 Å². The molecule has 7 nitrogen and oxygen atoms in total. The molecule has 0 radical (unpaired) electrons. The van der Waals surface area contributed by atoms with Crippen molar-refractivity contribution in [1.82, 2.24) is 0 Å². The summed E-state index contributed by atoms with van der Waals surface area (Å²) in [5.74, 6) is -0.590. The highest BCUT2D eigenvalue weighted by molar-refractivity contribution is 7.85. The normalized spacial score (nSPS) is 25.2. The third-order valence-electron chi connectivity index (χ3n) is 5.29. The van der Waals surface area contributed by atoms with E-state index in [1.807, 2.05) is 0 Å². The highest BCUT2D eigenvalue weighted by Gasteiger charge is 2.41. The van der Waals surface area contributed by atoms with Crippen LogP contribution in [-0.4, -0.2) is 88.0 Å². The number of carbonyl (C=O) groups is 1. The van der Waals surface area contributed by atoms with Crippen molar-refractivity contribution < 1.29 is 31.8 Å². The molecule has 0 aromatic heterocycles. The van der Waals surface area contributed by atoms with Crippen LogP contribution in [0, 0.1) is 11.8 Å². The van der Waals surface area contributed by atoms with E-state index in [0.29, 0.717) is 10.4 Å². The van der Waals surface area contributed by atoms with Crippen LogP contribution in [0.4, 0.5) is 0 Å². The molecule has 0 spiro atoms. The molecule has 1 N–H and O–H groups in total. The first kappa shape index (κ1) is 27.3. The van der Waals surface area contributed by atoms with Gasteiger partial charge in [-0.25, -0.2) is 0 Å². The maximum absolute atomic E-state index is 11.1. The fraction of sp³-hybridized carbons (Fsp3) is 0.950. The molecule has 1 rings (SSSR count). The van der Waals surface area contributed by atoms with E-state index < -0.39 is 16.1 Å². The minimum atomic E-state index is -3.84. The van der Waals surface area contributed by atoms with Gasteiger partial charge >= 0.3 is 0 Å². The topological polar surface area (TPSA) is 94.5 Å². The number of quaternary nitrogens is 2. The molecule has 0 amide bonds. The Morgan fingerprint density at radius 3 is 2.07 bits per heavy atom. The summed E-state index contributed by atoms with van der Waals surface area (Å²) in [7, 11) is 3.80. The van der Waals surface area contributed by atoms with E-state index in [9.17, 15) is 18.3 Å². The quantitative estimate of drug-likeness (QED) is 0.308. The van der Waals surface area contributed by atoms with Gasteiger partial charge in [0.25, 0.3) is 10.1 Å². The van der Waals surface area contributed by atoms with Gasteiger partial charge in [0.1, 0.15) is 6.54 Å². The first-order chi connectivity index (χ1) is 12.7. The van der Waals surface area contributed by atoms with Gasteiger partial charge in [0.15, 0.2) is 0 Å². The molecule has 8 heteroatoms. The Morgan fingerprint density at radius 1 is 1.11 bits per heavy atom. The van der Waals surface area contributed by atoms with Crippen LogP contribution in [-0.2, 0) is 14.9 Å². The fourth-order valence-electron chi connectivity index (χ4n) is 4.00. The Kier molecular flexibility index (Phi) is 11.8. The average Bonchev–Trinajstić information content (AvgIpc) is 2.73. The van der Waals surface area contributed by atoms with E-state index >= 15 is 0 Å². The Morgan fingerprint density at radius 2 is 1.64 bits per heavy atom. The summed E-state index contributed by atoms with van der Waals surface area (Å²) in [6, 6.07) is 0. The van der Waals surface area contributed by atoms with Gasteiger partial charge in [-0.05, 0) is 12.8 Å². The number of hydrogen-bond donors (Lipinski definition) is 1. The van der Waals surface area contributed by atoms with E-state index in [4.69, 9.17) is 4.55 Å². The second kappa shape index (κ2) is 12.1. The maximum atomic E-state index is 11.1. The van der Waals surface area contributed by atoms with Crippen LogP contribution in [0.1, 0.15) is 52.4 Å². The van der Waals surface area contributed by atoms with E-state index in [1.165, 1.54) is 38.5 Å². The van der Waals surface area contributed by atoms with Crippen molar-refractivity contribution in [1.29, 1.82) is 0 Å². The third kappa shape index (κ3) is 14.3. The number of likely N-dealkylation sites (N-methyl/N-ethyl adjacent to an activating group) is 1. The molecule has 1 aliphatic rings. The summed E-state index contributed by atoms with van der Waals surface area (Å²) >= 11 is 0. The zero-order chi connectivity index (χ0) is 22.0. The predicted octanol–water partition coefficient (Wildman–Crippen LogP) is 1.39. The molecule has 0 saturated carbocycles. The number of aliphatic carboxylic acids is 1. The van der Waals surface area contributed by atoms with Gasteiger partial charge in [-0.15, -0.1) is 0 Å². The SMILES string of the molecule is CCCCCCCC[N+]1(C)CC(C)C(CS(=O)(=O)O)C1.C[N+](C)(C)CC(=O)[O-]. The summed E-state index contributed by atoms with van der Waals surface area (Å²) in [4.78, 5) is 9.89. The molecule has 1 fully saturated rings. The molecule has 3 atom stereocenters. The smallest absolute Gasteiger partial charge is 0.265 e. The van der Waals surface area contributed by atoms with Crippen molar-refractivity contribution in [3.05, 3.63) is 0 Å². The molecule has 0 bridgehead atoms. The van der Waals surface area contributed by atoms with Crippen LogP contribution in [0.25, 0.3) is 0 Å². The lowest BCUT2D eigenvalue weighted by molar-refractivity contribution is -0.900. The van der Waals surface area contributed by atoms with Gasteiger partial charge < -0.3 is 18.9 Å². The molecule has 1 aliphatic heterocycles. The summed E-state index contributed by atoms with van der Waals surface area (Å²) in [6.07, 6.45) is 7.78. The number of unbranched alkanes of at least 4 members (excludes halogenated alkanes) is 5. The largest absolute Gasteiger partial charge is 0.544 e. The number of likely N-dealkylation sites (tertiary alicyclic amines) is 1. The monoisotopic (exact) mass is 423 g/mol. The summed E-state index contributed by atoms with van der Waals surface area (Å²) in [5, 5.41) is 9.89. The molecule has 1 heterocycles. The van der Waals surface area contributed by atoms with E-state index in [2.05, 4.69) is 20.9 Å². The van der Waals surface area contributed by atoms with Crippen molar-refractivity contribution in [3.8, 4) is 0 Å². The minimum Gasteiger partial charge on any atom is -0.544 e. The second-order valence-electron chi connectivity index (χ2n) is 9.78. The van der Waals surface area contributed by atoms with Gasteiger partial charge in [-0.3, -0.25) is 4.55 Å². The van der Waals surface area contributed by atoms with Crippen molar-refractivity contribution in [2.24, 2.45) is 11.8 Å². The van der Waals surface area contributed by atoms with Crippen molar-refractivity contribution in [2.75, 3.05) is 60.1 Å². The first-order valence-electron chi connectivity index (χ1n) is 10.5. The lowest BCUT2D eigenvalue weighted by atomic mass is 10.0. The number of rotatable bonds is 11. The number of hydrogen-bond acceptors (Lipinski definition) is 4. The number of nitrogens with zero attached hydrogens (tertiary/aromatic N) is 2. The molecular weight excluding hydrogens is 380 g/mol. The maximum Gasteiger partial charge on any atom is 0.265 e. The zero-order valence-corrected chi connectivity index (χ0v) is 19.6. The Bertz CT molecular complexity index is 559. The van der Waals surface area contributed by atoms with Crippen LogP contribution in [0.2, 0.25) is 0 Å². The molecule has 168 valence electrons. The van der Waals surface area contributed by atoms with Crippen LogP contribution in [0.3, 0.4) is 0 Å². The van der Waals surface area contributed by atoms with Gasteiger partial charge in [0.2, 0.25) is 0 Å². The summed E-state index contributed by atoms with van der Waals surface area (Å²) in [5.41, 5.74) is 0. The number of carbonyl (C=O) groups excluding carboxylic acids is 1. The highest BCUT2D eigenvalue weighted by Crippen LogP contribution is 2.29. The lowest BCUT2D eigenvalue weighted by Crippen LogP contribution is -2.45. The van der Waals surface area contributed by atoms with Crippen LogP contribution >= 0.6 is 0 Å². The predicted molar refractivity (Wildman–Crippen MR) is 111 cm³/mol. The highest BCUT2D eigenvalue weighted by atomic mass is 32.2. The molecule has 28 heavy (non-hydrogen) atoms. The van der Waals surface area contributed by atoms with Crippen LogP contribution < -0.4 is 5.11 Å². The number of carboxylic acid groups (broad SMARTS) is 1. The van der Waals surface area contributed by atoms with Crippen molar-refractivity contribution in [3.63, 3.8) is 0 Å². The van der Waals surface area contributed by atoms with Gasteiger partial charge in [-0.2, -0.15) is 8.42 Å². The fourth-order valence-corrected chi connectivity index (χ4v) is 4.97. The molecular formula is C20H43N2O5S+. The van der Waals surface area contributed by atoms with Gasteiger partial charge in [0.05, 0.1) is 59.5 Å². The molecule has 0 aliphatic carbocycles. The first-order valence-corrected chi connectivity index (χ1v) is 12.1. The third-order valence-corrected chi connectivity index (χ3v) is 6.14. The molecule has 1 saturated heterocycles. The second-order valence-corrected chi connectivity index (χ2v) is 11.3. The van der Waals surface area contributed by atoms with E-state index in [1.54, 1.807) is 21.1 Å². The zero-order valence-electron chi connectivity index (χ0n) is 18.8. The van der Waals surface area contributed by atoms with Crippen LogP contribution in [0.5, 0.6) is 0 Å². The van der Waals surface area contributed by atoms with E-state index in [-0.39, 0.29) is 18.2 Å². The van der Waals surface area contributed by atoms with Crippen molar-refractivity contribution in [2.45, 2.75) is 52.4 Å². The standard InChI is InChI=1S/C15H31NO3S.C5H11NO2/c1-4-5-6-7-8-9-10-16(3)11-14(2)15(12-16)13-20(17,18)19;1-6(2,3)4-5(7)8/h14-15H,4-13H2,1-3H3;4H2,1-3H3/p+1. The Labute approximate surface area is 172 Å². The molecule has 0 aromatic carbocycles. The number of carboxylic acids is 1. The van der Waals surface area contributed by atoms with Gasteiger partial charge in [0, 0.05) is 11.8 Å². The summed E-state index contributed by atoms with van der Waals surface area (Å²) < 4.78 is 32.5. The molecule has 3 unspecified atom stereocenters. The van der Waals surface area contributed by atoms with Crippen LogP contribution in [0.15, 0.2) is 0 Å². The van der Waals surface area contributed by atoms with Crippen molar-refractivity contribution >= 4 is 16.1 Å². The Balaban J connectivity index is 0.000000769. The minimum absolute atomic E-state index is 0.0694. The Hall–Kier alpha value is -0.700. The molecule has 0 aromatic rings. The average molecular weight is 424 g/mol.